The summed E-state index contributed by atoms with van der Waals surface area (Å²) in [6.07, 6.45) is 7.89. The van der Waals surface area contributed by atoms with E-state index in [0.717, 1.165) is 41.3 Å². The Labute approximate surface area is 130 Å². The quantitative estimate of drug-likeness (QED) is 0.785. The molecule has 0 aliphatic carbocycles. The minimum Gasteiger partial charge on any atom is -0.507 e. The monoisotopic (exact) mass is 303 g/mol. The first-order valence-electron chi connectivity index (χ1n) is 7.21. The number of hydrogen-bond donors (Lipinski definition) is 2. The Hall–Kier alpha value is -1.68. The smallest absolute Gasteiger partial charge is 0.163 e. The van der Waals surface area contributed by atoms with E-state index < -0.39 is 0 Å². The molecule has 1 aromatic rings. The van der Waals surface area contributed by atoms with Gasteiger partial charge < -0.3 is 10.4 Å². The van der Waals surface area contributed by atoms with Gasteiger partial charge in [-0.1, -0.05) is 31.6 Å². The Morgan fingerprint density at radius 3 is 2.86 bits per heavy atom. The van der Waals surface area contributed by atoms with Gasteiger partial charge in [0.25, 0.3) is 0 Å². The zero-order valence-electron chi connectivity index (χ0n) is 12.5. The number of benzene rings is 1. The summed E-state index contributed by atoms with van der Waals surface area (Å²) in [6.45, 7) is 4.42. The van der Waals surface area contributed by atoms with Gasteiger partial charge in [-0.05, 0) is 36.6 Å². The third-order valence-corrected chi connectivity index (χ3v) is 4.47. The van der Waals surface area contributed by atoms with Gasteiger partial charge in [0.1, 0.15) is 5.75 Å². The number of nitrogens with one attached hydrogen (secondary N) is 1. The summed E-state index contributed by atoms with van der Waals surface area (Å²) < 4.78 is 0. The van der Waals surface area contributed by atoms with Gasteiger partial charge in [0.15, 0.2) is 5.78 Å². The van der Waals surface area contributed by atoms with Gasteiger partial charge in [0, 0.05) is 12.3 Å². The van der Waals surface area contributed by atoms with E-state index in [2.05, 4.69) is 24.4 Å². The van der Waals surface area contributed by atoms with E-state index in [1.54, 1.807) is 17.8 Å². The Kier molecular flexibility index (Phi) is 5.51. The molecule has 0 fully saturated rings. The Morgan fingerprint density at radius 2 is 2.24 bits per heavy atom. The predicted octanol–water partition coefficient (Wildman–Crippen LogP) is 3.78. The minimum absolute atomic E-state index is 0.0918. The number of dihydropyridines is 1. The fraction of sp³-hybridized carbons (Fsp3) is 0.353. The van der Waals surface area contributed by atoms with Crippen molar-refractivity contribution in [1.82, 2.24) is 5.32 Å². The second-order valence-corrected chi connectivity index (χ2v) is 6.05. The zero-order chi connectivity index (χ0) is 15.2. The van der Waals surface area contributed by atoms with Gasteiger partial charge in [-0.3, -0.25) is 4.79 Å². The van der Waals surface area contributed by atoms with Crippen LogP contribution >= 0.6 is 11.8 Å². The molecular weight excluding hydrogens is 282 g/mol. The van der Waals surface area contributed by atoms with Gasteiger partial charge in [0.05, 0.1) is 10.6 Å². The van der Waals surface area contributed by atoms with E-state index in [1.807, 2.05) is 12.1 Å². The molecule has 0 aromatic heterocycles. The molecule has 1 aromatic carbocycles. The lowest BCUT2D eigenvalue weighted by Crippen LogP contribution is -2.13. The second kappa shape index (κ2) is 7.36. The number of rotatable bonds is 6. The molecule has 0 saturated heterocycles. The molecule has 1 aliphatic rings. The lowest BCUT2D eigenvalue weighted by Gasteiger charge is -2.15. The number of Topliss-reactive ketones (excluding diaryl/α,β-unsaturated/α-hetero) is 1. The van der Waals surface area contributed by atoms with E-state index in [1.165, 1.54) is 6.92 Å². The number of carbonyl (C=O) groups excluding carboxylic acids is 1. The topological polar surface area (TPSA) is 49.3 Å². The van der Waals surface area contributed by atoms with Crippen molar-refractivity contribution in [2.24, 2.45) is 0 Å². The number of aromatic hydroxyl groups is 1. The number of ketones is 1. The van der Waals surface area contributed by atoms with Crippen LogP contribution < -0.4 is 5.32 Å². The highest BCUT2D eigenvalue weighted by atomic mass is 32.2. The van der Waals surface area contributed by atoms with Gasteiger partial charge in [-0.2, -0.15) is 0 Å². The van der Waals surface area contributed by atoms with Crippen molar-refractivity contribution in [2.75, 3.05) is 6.54 Å². The Balaban J connectivity index is 2.21. The van der Waals surface area contributed by atoms with Crippen LogP contribution in [0.4, 0.5) is 0 Å². The lowest BCUT2D eigenvalue weighted by atomic mass is 9.98. The fourth-order valence-corrected chi connectivity index (χ4v) is 3.26. The first-order chi connectivity index (χ1) is 10.1. The van der Waals surface area contributed by atoms with E-state index >= 15 is 0 Å². The number of thioether (sulfide) groups is 1. The standard InChI is InChI=1S/C17H21NO2S/c1-3-6-15-13(8-9-14(12(2)19)17(15)20)11-21-16-7-4-5-10-18-16/h4-5,7-9,18,20H,3,6,10-11H2,1-2H3. The van der Waals surface area contributed by atoms with E-state index in [-0.39, 0.29) is 11.5 Å². The molecule has 0 amide bonds. The summed E-state index contributed by atoms with van der Waals surface area (Å²) in [5.41, 5.74) is 2.43. The normalized spacial score (nSPS) is 13.7. The molecule has 0 radical (unpaired) electrons. The van der Waals surface area contributed by atoms with Crippen LogP contribution in [0.3, 0.4) is 0 Å². The lowest BCUT2D eigenvalue weighted by molar-refractivity contribution is 0.101. The molecule has 1 aliphatic heterocycles. The molecule has 2 rings (SSSR count). The molecule has 4 heteroatoms. The minimum atomic E-state index is -0.0918. The summed E-state index contributed by atoms with van der Waals surface area (Å²) in [5.74, 6) is 0.854. The predicted molar refractivity (Wildman–Crippen MR) is 88.6 cm³/mol. The zero-order valence-corrected chi connectivity index (χ0v) is 13.3. The third kappa shape index (κ3) is 3.91. The van der Waals surface area contributed by atoms with E-state index in [9.17, 15) is 9.90 Å². The molecule has 0 saturated carbocycles. The Morgan fingerprint density at radius 1 is 1.43 bits per heavy atom. The third-order valence-electron chi connectivity index (χ3n) is 3.42. The van der Waals surface area contributed by atoms with Crippen LogP contribution in [0, 0.1) is 0 Å². The van der Waals surface area contributed by atoms with Crippen LogP contribution in [0.15, 0.2) is 35.4 Å². The van der Waals surface area contributed by atoms with Crippen molar-refractivity contribution in [3.8, 4) is 5.75 Å². The van der Waals surface area contributed by atoms with Gasteiger partial charge >= 0.3 is 0 Å². The number of hydrogen-bond acceptors (Lipinski definition) is 4. The fourth-order valence-electron chi connectivity index (χ4n) is 2.32. The maximum atomic E-state index is 11.5. The Bertz CT molecular complexity index is 591. The molecule has 3 nitrogen and oxygen atoms in total. The summed E-state index contributed by atoms with van der Waals surface area (Å²) in [6, 6.07) is 3.70. The van der Waals surface area contributed by atoms with E-state index in [4.69, 9.17) is 0 Å². The molecule has 21 heavy (non-hydrogen) atoms. The van der Waals surface area contributed by atoms with Crippen LogP contribution in [0.5, 0.6) is 5.75 Å². The highest BCUT2D eigenvalue weighted by Gasteiger charge is 2.15. The summed E-state index contributed by atoms with van der Waals surface area (Å²) >= 11 is 1.72. The second-order valence-electron chi connectivity index (χ2n) is 5.03. The van der Waals surface area contributed by atoms with Gasteiger partial charge in [-0.15, -0.1) is 11.8 Å². The van der Waals surface area contributed by atoms with Gasteiger partial charge in [0.2, 0.25) is 0 Å². The highest BCUT2D eigenvalue weighted by Crippen LogP contribution is 2.31. The molecule has 0 bridgehead atoms. The van der Waals surface area contributed by atoms with Crippen molar-refractivity contribution in [3.63, 3.8) is 0 Å². The van der Waals surface area contributed by atoms with Crippen LogP contribution in [0.1, 0.15) is 41.8 Å². The highest BCUT2D eigenvalue weighted by molar-refractivity contribution is 8.02. The van der Waals surface area contributed by atoms with Crippen molar-refractivity contribution in [2.45, 2.75) is 32.4 Å². The maximum absolute atomic E-state index is 11.5. The summed E-state index contributed by atoms with van der Waals surface area (Å²) in [4.78, 5) is 11.5. The first-order valence-corrected chi connectivity index (χ1v) is 8.20. The average molecular weight is 303 g/mol. The van der Waals surface area contributed by atoms with Crippen molar-refractivity contribution >= 4 is 17.5 Å². The number of phenolic OH excluding ortho intramolecular Hbond substituents is 1. The van der Waals surface area contributed by atoms with Crippen molar-refractivity contribution < 1.29 is 9.90 Å². The molecule has 0 unspecified atom stereocenters. The number of phenols is 1. The van der Waals surface area contributed by atoms with Crippen LogP contribution in [0.2, 0.25) is 0 Å². The van der Waals surface area contributed by atoms with Crippen LogP contribution in [-0.2, 0) is 12.2 Å². The molecule has 0 atom stereocenters. The first kappa shape index (κ1) is 15.7. The molecule has 112 valence electrons. The maximum Gasteiger partial charge on any atom is 0.163 e. The van der Waals surface area contributed by atoms with Crippen molar-refractivity contribution in [1.29, 1.82) is 0 Å². The molecule has 1 heterocycles. The SMILES string of the molecule is CCCc1c(CSC2=CC=CCN2)ccc(C(C)=O)c1O. The van der Waals surface area contributed by atoms with Gasteiger partial charge in [-0.25, -0.2) is 0 Å². The van der Waals surface area contributed by atoms with Crippen molar-refractivity contribution in [3.05, 3.63) is 52.1 Å². The summed E-state index contributed by atoms with van der Waals surface area (Å²) in [7, 11) is 0. The molecular formula is C17H21NO2S. The summed E-state index contributed by atoms with van der Waals surface area (Å²) in [5, 5.41) is 14.8. The van der Waals surface area contributed by atoms with Crippen LogP contribution in [-0.4, -0.2) is 17.4 Å². The number of allylic oxidation sites excluding steroid dienone is 2. The van der Waals surface area contributed by atoms with E-state index in [0.29, 0.717) is 5.56 Å². The molecule has 2 N–H and O–H groups in total. The largest absolute Gasteiger partial charge is 0.507 e. The molecule has 0 spiro atoms. The van der Waals surface area contributed by atoms with Crippen LogP contribution in [0.25, 0.3) is 0 Å². The number of carbonyl (C=O) groups is 1. The average Bonchev–Trinajstić information content (AvgIpc) is 2.48.